The third-order valence-corrected chi connectivity index (χ3v) is 4.11. The molecule has 16 heavy (non-hydrogen) atoms. The number of nitrogens with one attached hydrogen (secondary N) is 1. The summed E-state index contributed by atoms with van der Waals surface area (Å²) < 4.78 is 5.13. The summed E-state index contributed by atoms with van der Waals surface area (Å²) in [5.41, 5.74) is 0.653. The monoisotopic (exact) mass is 285 g/mol. The Morgan fingerprint density at radius 1 is 1.62 bits per heavy atom. The Balaban J connectivity index is 2.00. The number of hydrogen-bond acceptors (Lipinski definition) is 2. The molecule has 0 aromatic carbocycles. The average Bonchev–Trinajstić information content (AvgIpc) is 2.86. The van der Waals surface area contributed by atoms with Crippen molar-refractivity contribution in [3.05, 3.63) is 23.7 Å². The van der Waals surface area contributed by atoms with Crippen molar-refractivity contribution in [3.63, 3.8) is 0 Å². The van der Waals surface area contributed by atoms with Crippen LogP contribution in [0.1, 0.15) is 35.4 Å². The van der Waals surface area contributed by atoms with Crippen molar-refractivity contribution in [2.75, 3.05) is 5.33 Å². The van der Waals surface area contributed by atoms with Crippen LogP contribution >= 0.6 is 15.9 Å². The molecule has 0 saturated heterocycles. The second kappa shape index (κ2) is 5.04. The van der Waals surface area contributed by atoms with Gasteiger partial charge in [-0.2, -0.15) is 0 Å². The van der Waals surface area contributed by atoms with E-state index in [-0.39, 0.29) is 5.91 Å². The molecule has 1 fully saturated rings. The number of alkyl halides is 1. The first kappa shape index (κ1) is 11.7. The number of amides is 1. The standard InChI is InChI=1S/C12H16BrNO2/c1-8-10(5-6-16-8)12(15)14-11-4-2-3-9(11)7-13/h5-6,9,11H,2-4,7H2,1H3,(H,14,15). The molecule has 3 nitrogen and oxygen atoms in total. The van der Waals surface area contributed by atoms with E-state index in [1.54, 1.807) is 12.3 Å². The molecule has 1 N–H and O–H groups in total. The predicted molar refractivity (Wildman–Crippen MR) is 65.8 cm³/mol. The Morgan fingerprint density at radius 3 is 3.06 bits per heavy atom. The zero-order valence-corrected chi connectivity index (χ0v) is 10.9. The van der Waals surface area contributed by atoms with E-state index in [9.17, 15) is 4.79 Å². The lowest BCUT2D eigenvalue weighted by Gasteiger charge is -2.18. The summed E-state index contributed by atoms with van der Waals surface area (Å²) in [6.07, 6.45) is 5.03. The largest absolute Gasteiger partial charge is 0.469 e. The number of rotatable bonds is 3. The molecule has 0 radical (unpaired) electrons. The van der Waals surface area contributed by atoms with Crippen LogP contribution in [0.2, 0.25) is 0 Å². The van der Waals surface area contributed by atoms with Gasteiger partial charge in [-0.15, -0.1) is 0 Å². The summed E-state index contributed by atoms with van der Waals surface area (Å²) in [6, 6.07) is 2.03. The number of halogens is 1. The van der Waals surface area contributed by atoms with Crippen LogP contribution in [0.25, 0.3) is 0 Å². The van der Waals surface area contributed by atoms with Crippen LogP contribution in [0, 0.1) is 12.8 Å². The fourth-order valence-electron chi connectivity index (χ4n) is 2.28. The van der Waals surface area contributed by atoms with Gasteiger partial charge in [-0.25, -0.2) is 0 Å². The molecule has 4 heteroatoms. The number of hydrogen-bond donors (Lipinski definition) is 1. The molecule has 0 bridgehead atoms. The van der Waals surface area contributed by atoms with E-state index in [0.717, 1.165) is 11.8 Å². The summed E-state index contributed by atoms with van der Waals surface area (Å²) in [5.74, 6) is 1.24. The van der Waals surface area contributed by atoms with Gasteiger partial charge in [0.05, 0.1) is 11.8 Å². The Labute approximate surface area is 104 Å². The van der Waals surface area contributed by atoms with E-state index in [1.807, 2.05) is 6.92 Å². The van der Waals surface area contributed by atoms with E-state index in [0.29, 0.717) is 23.3 Å². The summed E-state index contributed by atoms with van der Waals surface area (Å²) in [5, 5.41) is 4.05. The second-order valence-electron chi connectivity index (χ2n) is 4.32. The van der Waals surface area contributed by atoms with Gasteiger partial charge in [0.1, 0.15) is 5.76 Å². The Hall–Kier alpha value is -0.770. The molecule has 2 unspecified atom stereocenters. The van der Waals surface area contributed by atoms with Gasteiger partial charge in [0, 0.05) is 11.4 Å². The van der Waals surface area contributed by atoms with Crippen LogP contribution in [0.4, 0.5) is 0 Å². The third-order valence-electron chi connectivity index (χ3n) is 3.28. The van der Waals surface area contributed by atoms with Crippen molar-refractivity contribution < 1.29 is 9.21 Å². The van der Waals surface area contributed by atoms with Crippen LogP contribution in [0.5, 0.6) is 0 Å². The van der Waals surface area contributed by atoms with Crippen LogP contribution in [-0.4, -0.2) is 17.3 Å². The Morgan fingerprint density at radius 2 is 2.44 bits per heavy atom. The van der Waals surface area contributed by atoms with Gasteiger partial charge >= 0.3 is 0 Å². The number of carbonyl (C=O) groups is 1. The highest BCUT2D eigenvalue weighted by molar-refractivity contribution is 9.09. The van der Waals surface area contributed by atoms with Gasteiger partial charge in [0.15, 0.2) is 0 Å². The fraction of sp³-hybridized carbons (Fsp3) is 0.583. The van der Waals surface area contributed by atoms with Crippen molar-refractivity contribution in [3.8, 4) is 0 Å². The molecule has 2 atom stereocenters. The second-order valence-corrected chi connectivity index (χ2v) is 4.96. The highest BCUT2D eigenvalue weighted by Crippen LogP contribution is 2.27. The molecule has 1 aromatic rings. The third kappa shape index (κ3) is 2.32. The quantitative estimate of drug-likeness (QED) is 0.868. The lowest BCUT2D eigenvalue weighted by molar-refractivity contribution is 0.0928. The van der Waals surface area contributed by atoms with Crippen molar-refractivity contribution in [2.45, 2.75) is 32.2 Å². The van der Waals surface area contributed by atoms with Crippen molar-refractivity contribution in [1.82, 2.24) is 5.32 Å². The molecule has 1 saturated carbocycles. The van der Waals surface area contributed by atoms with Crippen molar-refractivity contribution in [1.29, 1.82) is 0 Å². The maximum absolute atomic E-state index is 12.0. The van der Waals surface area contributed by atoms with E-state index in [2.05, 4.69) is 21.2 Å². The van der Waals surface area contributed by atoms with Gasteiger partial charge < -0.3 is 9.73 Å². The van der Waals surface area contributed by atoms with E-state index >= 15 is 0 Å². The lowest BCUT2D eigenvalue weighted by atomic mass is 10.1. The highest BCUT2D eigenvalue weighted by atomic mass is 79.9. The smallest absolute Gasteiger partial charge is 0.255 e. The first-order valence-electron chi connectivity index (χ1n) is 5.63. The van der Waals surface area contributed by atoms with Gasteiger partial charge in [0.25, 0.3) is 5.91 Å². The van der Waals surface area contributed by atoms with Gasteiger partial charge in [-0.1, -0.05) is 22.4 Å². The molecule has 2 rings (SSSR count). The molecule has 1 amide bonds. The van der Waals surface area contributed by atoms with Crippen LogP contribution in [0.15, 0.2) is 16.7 Å². The zero-order valence-electron chi connectivity index (χ0n) is 9.33. The Kier molecular flexibility index (Phi) is 3.69. The van der Waals surface area contributed by atoms with Crippen molar-refractivity contribution >= 4 is 21.8 Å². The molecule has 0 aliphatic heterocycles. The molecule has 1 aliphatic carbocycles. The minimum absolute atomic E-state index is 0.0101. The number of aryl methyl sites for hydroxylation is 1. The number of carbonyl (C=O) groups excluding carboxylic acids is 1. The molecule has 1 aromatic heterocycles. The molecule has 0 spiro atoms. The van der Waals surface area contributed by atoms with Crippen LogP contribution < -0.4 is 5.32 Å². The molecule has 1 heterocycles. The number of furan rings is 1. The van der Waals surface area contributed by atoms with Gasteiger partial charge in [-0.3, -0.25) is 4.79 Å². The van der Waals surface area contributed by atoms with E-state index in [4.69, 9.17) is 4.42 Å². The molecular formula is C12H16BrNO2. The topological polar surface area (TPSA) is 42.2 Å². The Bertz CT molecular complexity index is 375. The fourth-order valence-corrected chi connectivity index (χ4v) is 3.05. The van der Waals surface area contributed by atoms with E-state index < -0.39 is 0 Å². The summed E-state index contributed by atoms with van der Waals surface area (Å²) in [6.45, 7) is 1.81. The predicted octanol–water partition coefficient (Wildman–Crippen LogP) is 2.88. The highest BCUT2D eigenvalue weighted by Gasteiger charge is 2.28. The zero-order chi connectivity index (χ0) is 11.5. The maximum Gasteiger partial charge on any atom is 0.255 e. The maximum atomic E-state index is 12.0. The summed E-state index contributed by atoms with van der Waals surface area (Å²) >= 11 is 3.50. The molecular weight excluding hydrogens is 270 g/mol. The first-order chi connectivity index (χ1) is 7.72. The minimum Gasteiger partial charge on any atom is -0.469 e. The van der Waals surface area contributed by atoms with Crippen LogP contribution in [0.3, 0.4) is 0 Å². The molecule has 88 valence electrons. The average molecular weight is 286 g/mol. The minimum atomic E-state index is -0.0101. The summed E-state index contributed by atoms with van der Waals surface area (Å²) in [7, 11) is 0. The van der Waals surface area contributed by atoms with Crippen LogP contribution in [-0.2, 0) is 0 Å². The van der Waals surface area contributed by atoms with E-state index in [1.165, 1.54) is 12.8 Å². The normalized spacial score (nSPS) is 24.6. The van der Waals surface area contributed by atoms with Gasteiger partial charge in [0.2, 0.25) is 0 Å². The summed E-state index contributed by atoms with van der Waals surface area (Å²) in [4.78, 5) is 12.0. The van der Waals surface area contributed by atoms with Gasteiger partial charge in [-0.05, 0) is 31.7 Å². The SMILES string of the molecule is Cc1occc1C(=O)NC1CCCC1CBr. The molecule has 1 aliphatic rings. The lowest BCUT2D eigenvalue weighted by Crippen LogP contribution is -2.37. The van der Waals surface area contributed by atoms with Crippen molar-refractivity contribution in [2.24, 2.45) is 5.92 Å². The first-order valence-corrected chi connectivity index (χ1v) is 6.75.